The monoisotopic (exact) mass is 275 g/mol. The highest BCUT2D eigenvalue weighted by atomic mass is 16.5. The Kier molecular flexibility index (Phi) is 6.55. The Morgan fingerprint density at radius 2 is 1.95 bits per heavy atom. The fourth-order valence-corrected chi connectivity index (χ4v) is 3.20. The van der Waals surface area contributed by atoms with Gasteiger partial charge in [-0.1, -0.05) is 44.2 Å². The number of hydrogen-bond donors (Lipinski definition) is 0. The maximum atomic E-state index is 5.97. The molecule has 2 rings (SSSR count). The van der Waals surface area contributed by atoms with Crippen molar-refractivity contribution in [3.63, 3.8) is 0 Å². The summed E-state index contributed by atoms with van der Waals surface area (Å²) in [5, 5.41) is 0. The number of hydrogen-bond acceptors (Lipinski definition) is 2. The van der Waals surface area contributed by atoms with E-state index in [1.807, 2.05) is 0 Å². The third-order valence-corrected chi connectivity index (χ3v) is 4.54. The molecular weight excluding hydrogens is 246 g/mol. The van der Waals surface area contributed by atoms with Gasteiger partial charge in [0.05, 0.1) is 6.10 Å². The SMILES string of the molecule is CCN(CC)CCC(Cc1ccccc1)C1CCCO1. The minimum atomic E-state index is 0.478. The van der Waals surface area contributed by atoms with Gasteiger partial charge in [-0.2, -0.15) is 0 Å². The Labute approximate surface area is 124 Å². The van der Waals surface area contributed by atoms with Crippen LogP contribution in [-0.2, 0) is 11.2 Å². The van der Waals surface area contributed by atoms with Gasteiger partial charge >= 0.3 is 0 Å². The standard InChI is InChI=1S/C18H29NO/c1-3-19(4-2)13-12-17(18-11-8-14-20-18)15-16-9-6-5-7-10-16/h5-7,9-10,17-18H,3-4,8,11-15H2,1-2H3. The molecule has 1 fully saturated rings. The van der Waals surface area contributed by atoms with E-state index in [-0.39, 0.29) is 0 Å². The molecule has 1 aromatic carbocycles. The smallest absolute Gasteiger partial charge is 0.0607 e. The average molecular weight is 275 g/mol. The Balaban J connectivity index is 1.93. The fourth-order valence-electron chi connectivity index (χ4n) is 3.20. The summed E-state index contributed by atoms with van der Waals surface area (Å²) in [7, 11) is 0. The first-order chi connectivity index (χ1) is 9.83. The summed E-state index contributed by atoms with van der Waals surface area (Å²) >= 11 is 0. The van der Waals surface area contributed by atoms with Crippen molar-refractivity contribution in [3.8, 4) is 0 Å². The van der Waals surface area contributed by atoms with E-state index >= 15 is 0 Å². The quantitative estimate of drug-likeness (QED) is 0.716. The molecular formula is C18H29NO. The van der Waals surface area contributed by atoms with E-state index in [2.05, 4.69) is 49.1 Å². The lowest BCUT2D eigenvalue weighted by Crippen LogP contribution is -2.30. The second-order valence-corrected chi connectivity index (χ2v) is 5.82. The van der Waals surface area contributed by atoms with Crippen LogP contribution in [0.15, 0.2) is 30.3 Å². The molecule has 1 aliphatic heterocycles. The number of rotatable bonds is 8. The third kappa shape index (κ3) is 4.60. The molecule has 20 heavy (non-hydrogen) atoms. The Bertz CT molecular complexity index is 355. The highest BCUT2D eigenvalue weighted by Gasteiger charge is 2.26. The minimum Gasteiger partial charge on any atom is -0.378 e. The van der Waals surface area contributed by atoms with E-state index in [9.17, 15) is 0 Å². The van der Waals surface area contributed by atoms with E-state index in [0.717, 1.165) is 26.1 Å². The van der Waals surface area contributed by atoms with Gasteiger partial charge in [-0.05, 0) is 56.8 Å². The van der Waals surface area contributed by atoms with Crippen LogP contribution in [0, 0.1) is 5.92 Å². The lowest BCUT2D eigenvalue weighted by Gasteiger charge is -2.26. The van der Waals surface area contributed by atoms with Gasteiger partial charge in [0.15, 0.2) is 0 Å². The molecule has 0 aliphatic carbocycles. The van der Waals surface area contributed by atoms with Gasteiger partial charge < -0.3 is 9.64 Å². The lowest BCUT2D eigenvalue weighted by atomic mass is 9.89. The lowest BCUT2D eigenvalue weighted by molar-refractivity contribution is 0.0551. The zero-order valence-electron chi connectivity index (χ0n) is 13.1. The fraction of sp³-hybridized carbons (Fsp3) is 0.667. The first-order valence-corrected chi connectivity index (χ1v) is 8.21. The topological polar surface area (TPSA) is 12.5 Å². The van der Waals surface area contributed by atoms with Gasteiger partial charge in [0.2, 0.25) is 0 Å². The molecule has 1 saturated heterocycles. The maximum absolute atomic E-state index is 5.97. The summed E-state index contributed by atoms with van der Waals surface area (Å²) in [4.78, 5) is 2.52. The van der Waals surface area contributed by atoms with Crippen LogP contribution in [0.5, 0.6) is 0 Å². The summed E-state index contributed by atoms with van der Waals surface area (Å²) in [5.41, 5.74) is 1.45. The van der Waals surface area contributed by atoms with Crippen molar-refractivity contribution in [3.05, 3.63) is 35.9 Å². The van der Waals surface area contributed by atoms with E-state index < -0.39 is 0 Å². The van der Waals surface area contributed by atoms with Gasteiger partial charge in [-0.25, -0.2) is 0 Å². The highest BCUT2D eigenvalue weighted by molar-refractivity contribution is 5.15. The molecule has 2 unspecified atom stereocenters. The number of benzene rings is 1. The van der Waals surface area contributed by atoms with Gasteiger partial charge in [0, 0.05) is 6.61 Å². The Hall–Kier alpha value is -0.860. The minimum absolute atomic E-state index is 0.478. The predicted octanol–water partition coefficient (Wildman–Crippen LogP) is 3.76. The van der Waals surface area contributed by atoms with Gasteiger partial charge in [-0.15, -0.1) is 0 Å². The van der Waals surface area contributed by atoms with Crippen molar-refractivity contribution in [2.24, 2.45) is 5.92 Å². The molecule has 0 spiro atoms. The summed E-state index contributed by atoms with van der Waals surface area (Å²) in [5.74, 6) is 0.667. The van der Waals surface area contributed by atoms with Crippen LogP contribution < -0.4 is 0 Å². The van der Waals surface area contributed by atoms with Crippen LogP contribution in [0.1, 0.15) is 38.7 Å². The van der Waals surface area contributed by atoms with E-state index in [1.54, 1.807) is 0 Å². The second kappa shape index (κ2) is 8.43. The van der Waals surface area contributed by atoms with Crippen LogP contribution in [0.25, 0.3) is 0 Å². The number of ether oxygens (including phenoxy) is 1. The van der Waals surface area contributed by atoms with Crippen LogP contribution in [-0.4, -0.2) is 37.2 Å². The van der Waals surface area contributed by atoms with Crippen molar-refractivity contribution in [1.82, 2.24) is 4.90 Å². The zero-order chi connectivity index (χ0) is 14.2. The molecule has 1 heterocycles. The molecule has 0 amide bonds. The molecule has 2 heteroatoms. The third-order valence-electron chi connectivity index (χ3n) is 4.54. The predicted molar refractivity (Wildman–Crippen MR) is 85.0 cm³/mol. The molecule has 2 atom stereocenters. The van der Waals surface area contributed by atoms with Crippen molar-refractivity contribution in [1.29, 1.82) is 0 Å². The highest BCUT2D eigenvalue weighted by Crippen LogP contribution is 2.26. The summed E-state index contributed by atoms with van der Waals surface area (Å²) in [6, 6.07) is 10.9. The molecule has 1 aromatic rings. The largest absolute Gasteiger partial charge is 0.378 e. The van der Waals surface area contributed by atoms with Gasteiger partial charge in [-0.3, -0.25) is 0 Å². The Morgan fingerprint density at radius 1 is 1.20 bits per heavy atom. The van der Waals surface area contributed by atoms with Crippen LogP contribution in [0.2, 0.25) is 0 Å². The second-order valence-electron chi connectivity index (χ2n) is 5.82. The van der Waals surface area contributed by atoms with Crippen molar-refractivity contribution < 1.29 is 4.74 Å². The van der Waals surface area contributed by atoms with E-state index in [0.29, 0.717) is 12.0 Å². The maximum Gasteiger partial charge on any atom is 0.0607 e. The van der Waals surface area contributed by atoms with Crippen LogP contribution in [0.3, 0.4) is 0 Å². The molecule has 0 bridgehead atoms. The summed E-state index contributed by atoms with van der Waals surface area (Å²) in [6.07, 6.45) is 5.37. The van der Waals surface area contributed by atoms with Gasteiger partial charge in [0.25, 0.3) is 0 Å². The molecule has 0 radical (unpaired) electrons. The van der Waals surface area contributed by atoms with Crippen LogP contribution >= 0.6 is 0 Å². The van der Waals surface area contributed by atoms with E-state index in [1.165, 1.54) is 31.4 Å². The van der Waals surface area contributed by atoms with Gasteiger partial charge in [0.1, 0.15) is 0 Å². The number of nitrogens with zero attached hydrogens (tertiary/aromatic N) is 1. The molecule has 0 N–H and O–H groups in total. The average Bonchev–Trinajstić information content (AvgIpc) is 3.02. The van der Waals surface area contributed by atoms with Crippen molar-refractivity contribution in [2.45, 2.75) is 45.6 Å². The first-order valence-electron chi connectivity index (χ1n) is 8.21. The molecule has 0 saturated carbocycles. The Morgan fingerprint density at radius 3 is 2.55 bits per heavy atom. The summed E-state index contributed by atoms with van der Waals surface area (Å²) in [6.45, 7) is 8.97. The first kappa shape index (κ1) is 15.5. The van der Waals surface area contributed by atoms with Crippen LogP contribution in [0.4, 0.5) is 0 Å². The zero-order valence-corrected chi connectivity index (χ0v) is 13.1. The summed E-state index contributed by atoms with van der Waals surface area (Å²) < 4.78 is 5.97. The molecule has 1 aliphatic rings. The van der Waals surface area contributed by atoms with Crippen molar-refractivity contribution >= 4 is 0 Å². The molecule has 0 aromatic heterocycles. The van der Waals surface area contributed by atoms with E-state index in [4.69, 9.17) is 4.74 Å². The molecule has 112 valence electrons. The normalized spacial score (nSPS) is 20.4. The van der Waals surface area contributed by atoms with Crippen molar-refractivity contribution in [2.75, 3.05) is 26.2 Å². The molecule has 2 nitrogen and oxygen atoms in total.